The van der Waals surface area contributed by atoms with Gasteiger partial charge in [0.25, 0.3) is 0 Å². The van der Waals surface area contributed by atoms with E-state index in [-0.39, 0.29) is 12.0 Å². The molecule has 0 aromatic heterocycles. The third-order valence-corrected chi connectivity index (χ3v) is 5.11. The van der Waals surface area contributed by atoms with Gasteiger partial charge in [0.15, 0.2) is 0 Å². The lowest BCUT2D eigenvalue weighted by atomic mass is 9.91. The maximum absolute atomic E-state index is 11.6. The van der Waals surface area contributed by atoms with Crippen molar-refractivity contribution in [2.45, 2.75) is 25.8 Å². The first kappa shape index (κ1) is 19.2. The van der Waals surface area contributed by atoms with Crippen molar-refractivity contribution in [3.63, 3.8) is 0 Å². The molecule has 1 N–H and O–H groups in total. The number of likely N-dealkylation sites (tertiary alicyclic amines) is 1. The first-order valence-electron chi connectivity index (χ1n) is 9.46. The number of piperidine rings is 1. The normalized spacial score (nSPS) is 18.7. The topological polar surface area (TPSA) is 59.0 Å². The average molecular weight is 369 g/mol. The molecule has 2 aromatic rings. The molecule has 0 bridgehead atoms. The van der Waals surface area contributed by atoms with E-state index in [1.54, 1.807) is 7.11 Å². The summed E-state index contributed by atoms with van der Waals surface area (Å²) in [7, 11) is 1.67. The van der Waals surface area contributed by atoms with Crippen molar-refractivity contribution in [3.8, 4) is 11.5 Å². The first-order chi connectivity index (χ1) is 13.1. The van der Waals surface area contributed by atoms with Gasteiger partial charge in [0.2, 0.25) is 0 Å². The summed E-state index contributed by atoms with van der Waals surface area (Å²) in [5.41, 5.74) is 2.16. The van der Waals surface area contributed by atoms with Crippen LogP contribution in [0.4, 0.5) is 0 Å². The molecule has 1 aliphatic rings. The number of hydrogen-bond donors (Lipinski definition) is 1. The maximum atomic E-state index is 11.6. The number of aliphatic carboxylic acids is 1. The SMILES string of the molecule is CCOc1ccc(C(c2ccccc2OC)N2CCCC(C(=O)O)C2)cc1. The zero-order valence-corrected chi connectivity index (χ0v) is 15.9. The van der Waals surface area contributed by atoms with Crippen LogP contribution in [-0.4, -0.2) is 42.8 Å². The lowest BCUT2D eigenvalue weighted by Gasteiger charge is -2.38. The van der Waals surface area contributed by atoms with Crippen LogP contribution in [0.15, 0.2) is 48.5 Å². The molecule has 0 saturated carbocycles. The van der Waals surface area contributed by atoms with Crippen LogP contribution in [0, 0.1) is 5.92 Å². The molecule has 144 valence electrons. The van der Waals surface area contributed by atoms with E-state index in [0.29, 0.717) is 13.2 Å². The van der Waals surface area contributed by atoms with Gasteiger partial charge in [-0.2, -0.15) is 0 Å². The van der Waals surface area contributed by atoms with Crippen LogP contribution in [0.25, 0.3) is 0 Å². The highest BCUT2D eigenvalue weighted by molar-refractivity contribution is 5.70. The fourth-order valence-corrected chi connectivity index (χ4v) is 3.83. The second-order valence-corrected chi connectivity index (χ2v) is 6.82. The van der Waals surface area contributed by atoms with Gasteiger partial charge in [0.1, 0.15) is 11.5 Å². The van der Waals surface area contributed by atoms with E-state index in [1.807, 2.05) is 37.3 Å². The molecule has 0 radical (unpaired) electrons. The Kier molecular flexibility index (Phi) is 6.35. The summed E-state index contributed by atoms with van der Waals surface area (Å²) in [4.78, 5) is 13.8. The number of carbonyl (C=O) groups is 1. The maximum Gasteiger partial charge on any atom is 0.307 e. The van der Waals surface area contributed by atoms with Gasteiger partial charge in [-0.3, -0.25) is 9.69 Å². The third kappa shape index (κ3) is 4.42. The molecule has 1 aliphatic heterocycles. The van der Waals surface area contributed by atoms with E-state index in [4.69, 9.17) is 9.47 Å². The second-order valence-electron chi connectivity index (χ2n) is 6.82. The standard InChI is InChI=1S/C22H27NO4/c1-3-27-18-12-10-16(11-13-18)21(19-8-4-5-9-20(19)26-2)23-14-6-7-17(15-23)22(24)25/h4-5,8-13,17,21H,3,6-7,14-15H2,1-2H3,(H,24,25). The zero-order valence-electron chi connectivity index (χ0n) is 15.9. The van der Waals surface area contributed by atoms with Gasteiger partial charge in [-0.05, 0) is 50.1 Å². The Morgan fingerprint density at radius 3 is 2.63 bits per heavy atom. The summed E-state index contributed by atoms with van der Waals surface area (Å²) in [6.45, 7) is 3.98. The summed E-state index contributed by atoms with van der Waals surface area (Å²) < 4.78 is 11.2. The number of ether oxygens (including phenoxy) is 2. The predicted molar refractivity (Wildman–Crippen MR) is 104 cm³/mol. The number of methoxy groups -OCH3 is 1. The molecular weight excluding hydrogens is 342 g/mol. The van der Waals surface area contributed by atoms with Gasteiger partial charge in [-0.25, -0.2) is 0 Å². The van der Waals surface area contributed by atoms with E-state index in [9.17, 15) is 9.90 Å². The van der Waals surface area contributed by atoms with Gasteiger partial charge < -0.3 is 14.6 Å². The Labute approximate surface area is 160 Å². The van der Waals surface area contributed by atoms with Crippen molar-refractivity contribution in [2.75, 3.05) is 26.8 Å². The Balaban J connectivity index is 1.99. The molecule has 5 nitrogen and oxygen atoms in total. The zero-order chi connectivity index (χ0) is 19.2. The summed E-state index contributed by atoms with van der Waals surface area (Å²) in [5.74, 6) is 0.597. The van der Waals surface area contributed by atoms with Crippen LogP contribution >= 0.6 is 0 Å². The van der Waals surface area contributed by atoms with Crippen molar-refractivity contribution in [3.05, 3.63) is 59.7 Å². The highest BCUT2D eigenvalue weighted by atomic mass is 16.5. The number of carboxylic acid groups (broad SMARTS) is 1. The van der Waals surface area contributed by atoms with Gasteiger partial charge >= 0.3 is 5.97 Å². The summed E-state index contributed by atoms with van der Waals surface area (Å²) in [6.07, 6.45) is 1.60. The van der Waals surface area contributed by atoms with E-state index >= 15 is 0 Å². The largest absolute Gasteiger partial charge is 0.496 e. The Morgan fingerprint density at radius 2 is 1.96 bits per heavy atom. The van der Waals surface area contributed by atoms with E-state index in [2.05, 4.69) is 23.1 Å². The van der Waals surface area contributed by atoms with Crippen molar-refractivity contribution < 1.29 is 19.4 Å². The van der Waals surface area contributed by atoms with Gasteiger partial charge in [0.05, 0.1) is 25.7 Å². The van der Waals surface area contributed by atoms with Crippen LogP contribution < -0.4 is 9.47 Å². The molecule has 1 heterocycles. The van der Waals surface area contributed by atoms with Gasteiger partial charge in [-0.1, -0.05) is 30.3 Å². The van der Waals surface area contributed by atoms with Crippen LogP contribution in [0.5, 0.6) is 11.5 Å². The molecule has 3 rings (SSSR count). The van der Waals surface area contributed by atoms with Crippen LogP contribution in [0.2, 0.25) is 0 Å². The minimum absolute atomic E-state index is 0.0565. The van der Waals surface area contributed by atoms with E-state index in [0.717, 1.165) is 42.0 Å². The van der Waals surface area contributed by atoms with Gasteiger partial charge in [-0.15, -0.1) is 0 Å². The Hall–Kier alpha value is -2.53. The molecule has 2 aromatic carbocycles. The van der Waals surface area contributed by atoms with Crippen LogP contribution in [0.3, 0.4) is 0 Å². The quantitative estimate of drug-likeness (QED) is 0.800. The van der Waals surface area contributed by atoms with Crippen molar-refractivity contribution in [1.82, 2.24) is 4.90 Å². The first-order valence-corrected chi connectivity index (χ1v) is 9.46. The molecule has 27 heavy (non-hydrogen) atoms. The lowest BCUT2D eigenvalue weighted by Crippen LogP contribution is -2.41. The number of benzene rings is 2. The number of nitrogens with zero attached hydrogens (tertiary/aromatic N) is 1. The molecule has 1 fully saturated rings. The Bertz CT molecular complexity index is 759. The summed E-state index contributed by atoms with van der Waals surface area (Å²) in [5, 5.41) is 9.51. The Morgan fingerprint density at radius 1 is 1.22 bits per heavy atom. The predicted octanol–water partition coefficient (Wildman–Crippen LogP) is 3.98. The van der Waals surface area contributed by atoms with Crippen LogP contribution in [0.1, 0.15) is 36.9 Å². The number of rotatable bonds is 7. The van der Waals surface area contributed by atoms with E-state index in [1.165, 1.54) is 0 Å². The van der Waals surface area contributed by atoms with Crippen LogP contribution in [-0.2, 0) is 4.79 Å². The highest BCUT2D eigenvalue weighted by Crippen LogP contribution is 2.37. The summed E-state index contributed by atoms with van der Waals surface area (Å²) in [6, 6.07) is 16.0. The smallest absolute Gasteiger partial charge is 0.307 e. The minimum Gasteiger partial charge on any atom is -0.496 e. The molecule has 0 spiro atoms. The fourth-order valence-electron chi connectivity index (χ4n) is 3.83. The molecule has 2 atom stereocenters. The fraction of sp³-hybridized carbons (Fsp3) is 0.409. The van der Waals surface area contributed by atoms with Crippen molar-refractivity contribution in [1.29, 1.82) is 0 Å². The number of para-hydroxylation sites is 1. The molecule has 0 aliphatic carbocycles. The molecule has 5 heteroatoms. The number of carboxylic acids is 1. The molecule has 2 unspecified atom stereocenters. The number of hydrogen-bond acceptors (Lipinski definition) is 4. The molecule has 1 saturated heterocycles. The minimum atomic E-state index is -0.717. The second kappa shape index (κ2) is 8.91. The van der Waals surface area contributed by atoms with E-state index < -0.39 is 5.97 Å². The van der Waals surface area contributed by atoms with Gasteiger partial charge in [0, 0.05) is 12.1 Å². The third-order valence-electron chi connectivity index (χ3n) is 5.11. The highest BCUT2D eigenvalue weighted by Gasteiger charge is 2.32. The summed E-state index contributed by atoms with van der Waals surface area (Å²) >= 11 is 0. The molecular formula is C22H27NO4. The lowest BCUT2D eigenvalue weighted by molar-refractivity contribution is -0.143. The average Bonchev–Trinajstić information content (AvgIpc) is 2.70. The molecule has 0 amide bonds. The van der Waals surface area contributed by atoms with Crippen molar-refractivity contribution in [2.24, 2.45) is 5.92 Å². The van der Waals surface area contributed by atoms with Crippen molar-refractivity contribution >= 4 is 5.97 Å². The monoisotopic (exact) mass is 369 g/mol.